The van der Waals surface area contributed by atoms with E-state index in [0.717, 1.165) is 16.7 Å². The third-order valence-corrected chi connectivity index (χ3v) is 4.09. The summed E-state index contributed by atoms with van der Waals surface area (Å²) in [5, 5.41) is 18.6. The fraction of sp³-hybridized carbons (Fsp3) is 0.0476. The van der Waals surface area contributed by atoms with Gasteiger partial charge < -0.3 is 10.2 Å². The van der Waals surface area contributed by atoms with Crippen molar-refractivity contribution in [3.63, 3.8) is 0 Å². The topological polar surface area (TPSA) is 74.6 Å². The fourth-order valence-electron chi connectivity index (χ4n) is 2.71. The van der Waals surface area contributed by atoms with Gasteiger partial charge in [0.1, 0.15) is 11.3 Å². The lowest BCUT2D eigenvalue weighted by atomic mass is 9.96. The predicted octanol–water partition coefficient (Wildman–Crippen LogP) is 4.30. The molecular formula is C21H16O4. The van der Waals surface area contributed by atoms with Crippen LogP contribution in [0.3, 0.4) is 0 Å². The van der Waals surface area contributed by atoms with E-state index < -0.39 is 5.97 Å². The lowest BCUT2D eigenvalue weighted by molar-refractivity contribution is 0.0693. The molecule has 0 aliphatic rings. The first-order chi connectivity index (χ1) is 12.0. The highest BCUT2D eigenvalue weighted by molar-refractivity contribution is 6.10. The number of carbonyl (C=O) groups is 2. The van der Waals surface area contributed by atoms with Crippen molar-refractivity contribution in [2.24, 2.45) is 0 Å². The summed E-state index contributed by atoms with van der Waals surface area (Å²) in [5.41, 5.74) is 3.64. The minimum absolute atomic E-state index is 0.221. The minimum Gasteiger partial charge on any atom is -0.507 e. The molecule has 0 spiro atoms. The van der Waals surface area contributed by atoms with E-state index in [1.165, 1.54) is 18.2 Å². The molecule has 25 heavy (non-hydrogen) atoms. The minimum atomic E-state index is -1.28. The number of carbonyl (C=O) groups excluding carboxylic acids is 1. The maximum Gasteiger partial charge on any atom is 0.339 e. The van der Waals surface area contributed by atoms with Crippen LogP contribution in [0.2, 0.25) is 0 Å². The van der Waals surface area contributed by atoms with Gasteiger partial charge in [-0.25, -0.2) is 4.79 Å². The molecule has 0 bridgehead atoms. The summed E-state index contributed by atoms with van der Waals surface area (Å²) in [6.45, 7) is 2.03. The molecule has 3 aromatic rings. The van der Waals surface area contributed by atoms with Gasteiger partial charge in [-0.05, 0) is 41.8 Å². The van der Waals surface area contributed by atoms with Crippen molar-refractivity contribution in [3.8, 4) is 16.9 Å². The van der Waals surface area contributed by atoms with Gasteiger partial charge in [0, 0.05) is 11.1 Å². The van der Waals surface area contributed by atoms with Crippen molar-refractivity contribution in [1.29, 1.82) is 0 Å². The molecule has 0 aromatic heterocycles. The number of hydrogen-bond donors (Lipinski definition) is 2. The van der Waals surface area contributed by atoms with Gasteiger partial charge in [0.2, 0.25) is 0 Å². The molecule has 0 saturated heterocycles. The molecule has 0 fully saturated rings. The van der Waals surface area contributed by atoms with Crippen molar-refractivity contribution >= 4 is 11.8 Å². The lowest BCUT2D eigenvalue weighted by Gasteiger charge is -2.08. The zero-order valence-corrected chi connectivity index (χ0v) is 13.6. The first-order valence-corrected chi connectivity index (χ1v) is 7.74. The number of aromatic carboxylic acids is 1. The first kappa shape index (κ1) is 16.5. The summed E-state index contributed by atoms with van der Waals surface area (Å²) < 4.78 is 0. The normalized spacial score (nSPS) is 10.4. The number of carboxylic acid groups (broad SMARTS) is 1. The highest BCUT2D eigenvalue weighted by atomic mass is 16.4. The van der Waals surface area contributed by atoms with E-state index in [1.807, 2.05) is 43.3 Å². The van der Waals surface area contributed by atoms with E-state index in [2.05, 4.69) is 0 Å². The summed E-state index contributed by atoms with van der Waals surface area (Å²) in [5.74, 6) is -1.93. The summed E-state index contributed by atoms with van der Waals surface area (Å²) >= 11 is 0. The quantitative estimate of drug-likeness (QED) is 0.699. The van der Waals surface area contributed by atoms with Crippen LogP contribution in [0.15, 0.2) is 66.7 Å². The van der Waals surface area contributed by atoms with Gasteiger partial charge in [-0.1, -0.05) is 48.5 Å². The van der Waals surface area contributed by atoms with E-state index in [9.17, 15) is 14.7 Å². The molecular weight excluding hydrogens is 316 g/mol. The fourth-order valence-corrected chi connectivity index (χ4v) is 2.71. The van der Waals surface area contributed by atoms with Gasteiger partial charge in [-0.2, -0.15) is 0 Å². The van der Waals surface area contributed by atoms with E-state index in [1.54, 1.807) is 12.1 Å². The van der Waals surface area contributed by atoms with Crippen LogP contribution in [-0.4, -0.2) is 22.0 Å². The molecule has 0 atom stereocenters. The van der Waals surface area contributed by atoms with Crippen LogP contribution < -0.4 is 0 Å². The molecule has 0 aliphatic carbocycles. The van der Waals surface area contributed by atoms with E-state index in [-0.39, 0.29) is 22.7 Å². The number of rotatable bonds is 4. The van der Waals surface area contributed by atoms with E-state index >= 15 is 0 Å². The molecule has 0 unspecified atom stereocenters. The summed E-state index contributed by atoms with van der Waals surface area (Å²) in [7, 11) is 0. The predicted molar refractivity (Wildman–Crippen MR) is 95.1 cm³/mol. The molecule has 0 aliphatic heterocycles. The average Bonchev–Trinajstić information content (AvgIpc) is 2.62. The van der Waals surface area contributed by atoms with E-state index in [4.69, 9.17) is 5.11 Å². The molecule has 0 heterocycles. The third-order valence-electron chi connectivity index (χ3n) is 4.09. The van der Waals surface area contributed by atoms with Gasteiger partial charge in [-0.3, -0.25) is 4.79 Å². The Balaban J connectivity index is 1.93. The van der Waals surface area contributed by atoms with Crippen LogP contribution in [0.25, 0.3) is 11.1 Å². The molecule has 3 aromatic carbocycles. The van der Waals surface area contributed by atoms with Crippen molar-refractivity contribution in [2.75, 3.05) is 0 Å². The Bertz CT molecular complexity index is 956. The largest absolute Gasteiger partial charge is 0.507 e. The van der Waals surface area contributed by atoms with Crippen LogP contribution in [0.4, 0.5) is 0 Å². The second-order valence-corrected chi connectivity index (χ2v) is 5.76. The number of hydrogen-bond acceptors (Lipinski definition) is 3. The third kappa shape index (κ3) is 3.28. The number of phenols is 1. The van der Waals surface area contributed by atoms with Crippen LogP contribution in [0, 0.1) is 6.92 Å². The van der Waals surface area contributed by atoms with Crippen LogP contribution in [0.5, 0.6) is 5.75 Å². The first-order valence-electron chi connectivity index (χ1n) is 7.74. The Morgan fingerprint density at radius 1 is 0.840 bits per heavy atom. The second kappa shape index (κ2) is 6.61. The molecule has 3 rings (SSSR count). The zero-order chi connectivity index (χ0) is 18.0. The average molecular weight is 332 g/mol. The van der Waals surface area contributed by atoms with Crippen molar-refractivity contribution in [2.45, 2.75) is 6.92 Å². The van der Waals surface area contributed by atoms with Crippen LogP contribution in [0.1, 0.15) is 31.8 Å². The standard InChI is InChI=1S/C21H16O4/c1-13-4-2-3-5-17(13)14-6-8-15(9-7-14)20(23)16-10-11-19(22)18(12-16)21(24)25/h2-12,22H,1H3,(H,24,25). The number of benzene rings is 3. The molecule has 2 N–H and O–H groups in total. The number of carboxylic acids is 1. The highest BCUT2D eigenvalue weighted by Gasteiger charge is 2.15. The Hall–Kier alpha value is -3.40. The Morgan fingerprint density at radius 2 is 1.48 bits per heavy atom. The lowest BCUT2D eigenvalue weighted by Crippen LogP contribution is -2.04. The van der Waals surface area contributed by atoms with Gasteiger partial charge in [0.25, 0.3) is 0 Å². The second-order valence-electron chi connectivity index (χ2n) is 5.76. The highest BCUT2D eigenvalue weighted by Crippen LogP contribution is 2.25. The SMILES string of the molecule is Cc1ccccc1-c1ccc(C(=O)c2ccc(O)c(C(=O)O)c2)cc1. The van der Waals surface area contributed by atoms with Gasteiger partial charge >= 0.3 is 5.97 Å². The maximum atomic E-state index is 12.6. The van der Waals surface area contributed by atoms with Crippen molar-refractivity contribution < 1.29 is 19.8 Å². The molecule has 4 nitrogen and oxygen atoms in total. The van der Waals surface area contributed by atoms with Crippen molar-refractivity contribution in [1.82, 2.24) is 0 Å². The number of aryl methyl sites for hydroxylation is 1. The Morgan fingerprint density at radius 3 is 2.12 bits per heavy atom. The number of ketones is 1. The summed E-state index contributed by atoms with van der Waals surface area (Å²) in [6, 6.07) is 19.0. The van der Waals surface area contributed by atoms with Crippen molar-refractivity contribution in [3.05, 3.63) is 89.0 Å². The molecule has 4 heteroatoms. The summed E-state index contributed by atoms with van der Waals surface area (Å²) in [6.07, 6.45) is 0. The zero-order valence-electron chi connectivity index (χ0n) is 13.6. The van der Waals surface area contributed by atoms with Gasteiger partial charge in [0.05, 0.1) is 0 Å². The van der Waals surface area contributed by atoms with Gasteiger partial charge in [-0.15, -0.1) is 0 Å². The summed E-state index contributed by atoms with van der Waals surface area (Å²) in [4.78, 5) is 23.7. The Labute approximate surface area is 145 Å². The van der Waals surface area contributed by atoms with E-state index in [0.29, 0.717) is 5.56 Å². The number of aromatic hydroxyl groups is 1. The van der Waals surface area contributed by atoms with Gasteiger partial charge in [0.15, 0.2) is 5.78 Å². The monoisotopic (exact) mass is 332 g/mol. The molecule has 0 radical (unpaired) electrons. The van der Waals surface area contributed by atoms with Crippen LogP contribution >= 0.6 is 0 Å². The molecule has 124 valence electrons. The molecule has 0 amide bonds. The Kier molecular flexibility index (Phi) is 4.35. The maximum absolute atomic E-state index is 12.6. The molecule has 0 saturated carbocycles. The van der Waals surface area contributed by atoms with Crippen LogP contribution in [-0.2, 0) is 0 Å². The smallest absolute Gasteiger partial charge is 0.339 e.